The Morgan fingerprint density at radius 1 is 1.30 bits per heavy atom. The van der Waals surface area contributed by atoms with Crippen LogP contribution in [0.25, 0.3) is 0 Å². The van der Waals surface area contributed by atoms with Gasteiger partial charge in [0.15, 0.2) is 6.61 Å². The standard InChI is InChI=1S/C15H20N2O3/c18-15(17-7-9-19-10-8-17)11-20-14-5-6-16-13-4-2-1-3-12(13)14/h5-6H,1-4,7-11H2. The van der Waals surface area contributed by atoms with Crippen LogP contribution in [0.4, 0.5) is 0 Å². The van der Waals surface area contributed by atoms with Gasteiger partial charge in [0.1, 0.15) is 5.75 Å². The number of nitrogens with zero attached hydrogens (tertiary/aromatic N) is 2. The van der Waals surface area contributed by atoms with Gasteiger partial charge in [-0.2, -0.15) is 0 Å². The summed E-state index contributed by atoms with van der Waals surface area (Å²) in [5.74, 6) is 0.867. The van der Waals surface area contributed by atoms with E-state index in [-0.39, 0.29) is 12.5 Å². The van der Waals surface area contributed by atoms with Crippen LogP contribution in [0.2, 0.25) is 0 Å². The van der Waals surface area contributed by atoms with Crippen LogP contribution in [0.1, 0.15) is 24.1 Å². The number of amides is 1. The second-order valence-corrected chi connectivity index (χ2v) is 5.22. The van der Waals surface area contributed by atoms with Crippen LogP contribution in [0.3, 0.4) is 0 Å². The molecule has 1 saturated heterocycles. The van der Waals surface area contributed by atoms with E-state index in [1.54, 1.807) is 11.1 Å². The summed E-state index contributed by atoms with van der Waals surface area (Å²) < 4.78 is 11.0. The lowest BCUT2D eigenvalue weighted by Crippen LogP contribution is -2.43. The van der Waals surface area contributed by atoms with Gasteiger partial charge in [0.25, 0.3) is 5.91 Å². The molecule has 0 saturated carbocycles. The van der Waals surface area contributed by atoms with E-state index >= 15 is 0 Å². The van der Waals surface area contributed by atoms with Crippen molar-refractivity contribution >= 4 is 5.91 Å². The number of hydrogen-bond donors (Lipinski definition) is 0. The topological polar surface area (TPSA) is 51.7 Å². The number of ether oxygens (including phenoxy) is 2. The second kappa shape index (κ2) is 6.22. The first-order valence-corrected chi connectivity index (χ1v) is 7.29. The molecule has 1 aromatic heterocycles. The zero-order valence-corrected chi connectivity index (χ0v) is 11.6. The SMILES string of the molecule is O=C(COc1ccnc2c1CCCC2)N1CCOCC1. The quantitative estimate of drug-likeness (QED) is 0.832. The van der Waals surface area contributed by atoms with Crippen molar-refractivity contribution in [3.8, 4) is 5.75 Å². The smallest absolute Gasteiger partial charge is 0.260 e. The molecule has 5 nitrogen and oxygen atoms in total. The van der Waals surface area contributed by atoms with Crippen LogP contribution >= 0.6 is 0 Å². The zero-order chi connectivity index (χ0) is 13.8. The van der Waals surface area contributed by atoms with E-state index in [1.807, 2.05) is 6.07 Å². The number of aryl methyl sites for hydroxylation is 1. The maximum Gasteiger partial charge on any atom is 0.260 e. The Kier molecular flexibility index (Phi) is 4.16. The number of fused-ring (bicyclic) bond motifs is 1. The van der Waals surface area contributed by atoms with Crippen LogP contribution in [-0.2, 0) is 22.4 Å². The van der Waals surface area contributed by atoms with Crippen molar-refractivity contribution in [3.05, 3.63) is 23.5 Å². The van der Waals surface area contributed by atoms with Gasteiger partial charge in [-0.1, -0.05) is 0 Å². The third kappa shape index (κ3) is 2.93. The first kappa shape index (κ1) is 13.4. The highest BCUT2D eigenvalue weighted by Gasteiger charge is 2.19. The molecule has 1 aromatic rings. The van der Waals surface area contributed by atoms with Crippen LogP contribution in [-0.4, -0.2) is 48.7 Å². The first-order valence-electron chi connectivity index (χ1n) is 7.29. The van der Waals surface area contributed by atoms with Crippen molar-refractivity contribution in [2.24, 2.45) is 0 Å². The molecular formula is C15H20N2O3. The van der Waals surface area contributed by atoms with Gasteiger partial charge in [-0.3, -0.25) is 9.78 Å². The summed E-state index contributed by atoms with van der Waals surface area (Å²) >= 11 is 0. The number of pyridine rings is 1. The molecular weight excluding hydrogens is 256 g/mol. The van der Waals surface area contributed by atoms with E-state index in [1.165, 1.54) is 18.4 Å². The maximum absolute atomic E-state index is 12.1. The van der Waals surface area contributed by atoms with Gasteiger partial charge < -0.3 is 14.4 Å². The van der Waals surface area contributed by atoms with Gasteiger partial charge >= 0.3 is 0 Å². The molecule has 3 rings (SSSR count). The molecule has 2 aliphatic rings. The van der Waals surface area contributed by atoms with Gasteiger partial charge in [0, 0.05) is 30.5 Å². The van der Waals surface area contributed by atoms with Gasteiger partial charge in [0.05, 0.1) is 13.2 Å². The molecule has 0 unspecified atom stereocenters. The lowest BCUT2D eigenvalue weighted by atomic mass is 9.95. The summed E-state index contributed by atoms with van der Waals surface area (Å²) in [5, 5.41) is 0. The summed E-state index contributed by atoms with van der Waals surface area (Å²) in [6.07, 6.45) is 6.16. The minimum atomic E-state index is 0.0367. The Morgan fingerprint density at radius 2 is 2.10 bits per heavy atom. The zero-order valence-electron chi connectivity index (χ0n) is 11.6. The third-order valence-electron chi connectivity index (χ3n) is 3.91. The number of hydrogen-bond acceptors (Lipinski definition) is 4. The molecule has 0 aromatic carbocycles. The Morgan fingerprint density at radius 3 is 2.95 bits per heavy atom. The lowest BCUT2D eigenvalue weighted by Gasteiger charge is -2.27. The molecule has 108 valence electrons. The Labute approximate surface area is 118 Å². The van der Waals surface area contributed by atoms with Crippen molar-refractivity contribution < 1.29 is 14.3 Å². The van der Waals surface area contributed by atoms with Crippen molar-refractivity contribution in [1.29, 1.82) is 0 Å². The minimum Gasteiger partial charge on any atom is -0.483 e. The van der Waals surface area contributed by atoms with Crippen LogP contribution in [0.15, 0.2) is 12.3 Å². The van der Waals surface area contributed by atoms with Gasteiger partial charge in [0.2, 0.25) is 0 Å². The highest BCUT2D eigenvalue weighted by molar-refractivity contribution is 5.77. The maximum atomic E-state index is 12.1. The summed E-state index contributed by atoms with van der Waals surface area (Å²) in [6.45, 7) is 2.68. The Hall–Kier alpha value is -1.62. The van der Waals surface area contributed by atoms with Gasteiger partial charge in [-0.15, -0.1) is 0 Å². The number of carbonyl (C=O) groups excluding carboxylic acids is 1. The van der Waals surface area contributed by atoms with Crippen molar-refractivity contribution in [2.45, 2.75) is 25.7 Å². The normalized spacial score (nSPS) is 18.5. The van der Waals surface area contributed by atoms with Crippen LogP contribution < -0.4 is 4.74 Å². The summed E-state index contributed by atoms with van der Waals surface area (Å²) in [6, 6.07) is 1.87. The monoisotopic (exact) mass is 276 g/mol. The molecule has 0 bridgehead atoms. The van der Waals surface area contributed by atoms with Crippen molar-refractivity contribution in [3.63, 3.8) is 0 Å². The highest BCUT2D eigenvalue weighted by Crippen LogP contribution is 2.27. The molecule has 1 aliphatic heterocycles. The van der Waals surface area contributed by atoms with Gasteiger partial charge in [-0.25, -0.2) is 0 Å². The lowest BCUT2D eigenvalue weighted by molar-refractivity contribution is -0.137. The molecule has 0 radical (unpaired) electrons. The average Bonchev–Trinajstić information content (AvgIpc) is 2.53. The van der Waals surface area contributed by atoms with E-state index in [9.17, 15) is 4.79 Å². The van der Waals surface area contributed by atoms with Crippen molar-refractivity contribution in [2.75, 3.05) is 32.9 Å². The summed E-state index contributed by atoms with van der Waals surface area (Å²) in [7, 11) is 0. The van der Waals surface area contributed by atoms with E-state index < -0.39 is 0 Å². The fraction of sp³-hybridized carbons (Fsp3) is 0.600. The number of morpholine rings is 1. The number of rotatable bonds is 3. The number of aromatic nitrogens is 1. The first-order chi connectivity index (χ1) is 9.84. The minimum absolute atomic E-state index is 0.0367. The molecule has 2 heterocycles. The molecule has 1 fully saturated rings. The molecule has 0 N–H and O–H groups in total. The van der Waals surface area contributed by atoms with E-state index in [0.29, 0.717) is 26.3 Å². The van der Waals surface area contributed by atoms with Crippen LogP contribution in [0, 0.1) is 0 Å². The molecule has 1 aliphatic carbocycles. The Bertz CT molecular complexity index is 484. The fourth-order valence-corrected chi connectivity index (χ4v) is 2.77. The predicted molar refractivity (Wildman–Crippen MR) is 73.8 cm³/mol. The average molecular weight is 276 g/mol. The molecule has 0 atom stereocenters. The largest absolute Gasteiger partial charge is 0.483 e. The van der Waals surface area contributed by atoms with Crippen LogP contribution in [0.5, 0.6) is 5.75 Å². The second-order valence-electron chi connectivity index (χ2n) is 5.22. The highest BCUT2D eigenvalue weighted by atomic mass is 16.5. The van der Waals surface area contributed by atoms with E-state index in [2.05, 4.69) is 4.98 Å². The molecule has 5 heteroatoms. The third-order valence-corrected chi connectivity index (χ3v) is 3.91. The molecule has 20 heavy (non-hydrogen) atoms. The fourth-order valence-electron chi connectivity index (χ4n) is 2.77. The summed E-state index contributed by atoms with van der Waals surface area (Å²) in [5.41, 5.74) is 2.32. The van der Waals surface area contributed by atoms with E-state index in [0.717, 1.165) is 24.3 Å². The predicted octanol–water partition coefficient (Wildman–Crippen LogP) is 1.20. The molecule has 1 amide bonds. The van der Waals surface area contributed by atoms with E-state index in [4.69, 9.17) is 9.47 Å². The van der Waals surface area contributed by atoms with Gasteiger partial charge in [-0.05, 0) is 31.7 Å². The Balaban J connectivity index is 1.62. The van der Waals surface area contributed by atoms with Crippen molar-refractivity contribution in [1.82, 2.24) is 9.88 Å². The molecule has 0 spiro atoms. The summed E-state index contributed by atoms with van der Waals surface area (Å²) in [4.78, 5) is 18.3. The number of carbonyl (C=O) groups is 1.